The van der Waals surface area contributed by atoms with Gasteiger partial charge in [0.15, 0.2) is 12.1 Å². The first-order valence-corrected chi connectivity index (χ1v) is 6.54. The fraction of sp³-hybridized carbons (Fsp3) is 0.188. The van der Waals surface area contributed by atoms with E-state index in [2.05, 4.69) is 10.3 Å². The second-order valence-corrected chi connectivity index (χ2v) is 4.85. The van der Waals surface area contributed by atoms with Crippen molar-refractivity contribution in [2.24, 2.45) is 0 Å². The van der Waals surface area contributed by atoms with Crippen LogP contribution in [0.1, 0.15) is 45.8 Å². The summed E-state index contributed by atoms with van der Waals surface area (Å²) in [7, 11) is 0. The van der Waals surface area contributed by atoms with Crippen LogP contribution in [0.15, 0.2) is 30.3 Å². The van der Waals surface area contributed by atoms with Crippen molar-refractivity contribution in [2.45, 2.75) is 20.3 Å². The highest BCUT2D eigenvalue weighted by Gasteiger charge is 2.09. The molecule has 5 heteroatoms. The second-order valence-electron chi connectivity index (χ2n) is 4.85. The normalized spacial score (nSPS) is 10.2. The first-order valence-electron chi connectivity index (χ1n) is 6.54. The first-order chi connectivity index (χ1) is 9.99. The number of nitrogens with one attached hydrogen (secondary N) is 2. The number of rotatable bonds is 5. The van der Waals surface area contributed by atoms with Crippen molar-refractivity contribution >= 4 is 23.8 Å². The maximum absolute atomic E-state index is 11.2. The maximum Gasteiger partial charge on any atom is 0.222 e. The van der Waals surface area contributed by atoms with Crippen molar-refractivity contribution in [1.29, 1.82) is 0 Å². The smallest absolute Gasteiger partial charge is 0.222 e. The number of Topliss-reactive ketones (excluding diaryl/α,β-unsaturated/α-hetero) is 1. The third kappa shape index (κ3) is 3.66. The van der Waals surface area contributed by atoms with Crippen molar-refractivity contribution in [3.8, 4) is 0 Å². The molecular formula is C16H16N2O3. The summed E-state index contributed by atoms with van der Waals surface area (Å²) in [5, 5.41) is 2.58. The van der Waals surface area contributed by atoms with Gasteiger partial charge < -0.3 is 10.3 Å². The van der Waals surface area contributed by atoms with Gasteiger partial charge in [-0.05, 0) is 18.6 Å². The fourth-order valence-electron chi connectivity index (χ4n) is 2.07. The summed E-state index contributed by atoms with van der Waals surface area (Å²) < 4.78 is 0. The lowest BCUT2D eigenvalue weighted by Gasteiger charge is -2.02. The van der Waals surface area contributed by atoms with E-state index in [9.17, 15) is 14.4 Å². The number of ketones is 1. The molecule has 0 aliphatic rings. The van der Waals surface area contributed by atoms with E-state index >= 15 is 0 Å². The van der Waals surface area contributed by atoms with E-state index < -0.39 is 0 Å². The lowest BCUT2D eigenvalue weighted by atomic mass is 10.1. The largest absolute Gasteiger partial charge is 0.344 e. The molecule has 2 aromatic rings. The molecule has 0 aliphatic carbocycles. The van der Waals surface area contributed by atoms with E-state index in [0.717, 1.165) is 11.3 Å². The van der Waals surface area contributed by atoms with Crippen LogP contribution < -0.4 is 5.32 Å². The minimum atomic E-state index is -0.239. The zero-order valence-electron chi connectivity index (χ0n) is 11.9. The van der Waals surface area contributed by atoms with Crippen LogP contribution in [-0.4, -0.2) is 23.0 Å². The summed E-state index contributed by atoms with van der Waals surface area (Å²) in [5.74, 6) is 0.197. The number of H-pyrrole nitrogens is 1. The Balaban J connectivity index is 2.19. The number of benzene rings is 1. The number of carbonyl (C=O) groups excluding carboxylic acids is 3. The Morgan fingerprint density at radius 2 is 1.86 bits per heavy atom. The predicted molar refractivity (Wildman–Crippen MR) is 79.7 cm³/mol. The summed E-state index contributed by atoms with van der Waals surface area (Å²) in [6, 6.07) is 9.00. The molecule has 0 saturated carbocycles. The number of aldehydes is 1. The Morgan fingerprint density at radius 3 is 2.38 bits per heavy atom. The summed E-state index contributed by atoms with van der Waals surface area (Å²) in [6.45, 7) is 2.91. The third-order valence-electron chi connectivity index (χ3n) is 3.09. The van der Waals surface area contributed by atoms with Gasteiger partial charge in [0.25, 0.3) is 0 Å². The number of aromatic amines is 1. The average Bonchev–Trinajstić information content (AvgIpc) is 2.80. The van der Waals surface area contributed by atoms with Crippen LogP contribution >= 0.6 is 0 Å². The number of carbonyl (C=O) groups is 3. The topological polar surface area (TPSA) is 79.0 Å². The molecule has 0 spiro atoms. The molecule has 0 aliphatic heterocycles. The lowest BCUT2D eigenvalue weighted by molar-refractivity contribution is -0.114. The molecule has 0 radical (unpaired) electrons. The van der Waals surface area contributed by atoms with E-state index in [4.69, 9.17) is 0 Å². The quantitative estimate of drug-likeness (QED) is 0.654. The number of aromatic nitrogens is 1. The van der Waals surface area contributed by atoms with E-state index in [1.54, 1.807) is 18.2 Å². The summed E-state index contributed by atoms with van der Waals surface area (Å²) >= 11 is 0. The highest BCUT2D eigenvalue weighted by atomic mass is 16.1. The number of amides is 1. The van der Waals surface area contributed by atoms with Crippen LogP contribution in [-0.2, 0) is 11.2 Å². The molecular weight excluding hydrogens is 268 g/mol. The molecule has 0 unspecified atom stereocenters. The van der Waals surface area contributed by atoms with E-state index in [1.807, 2.05) is 12.1 Å². The van der Waals surface area contributed by atoms with Gasteiger partial charge >= 0.3 is 0 Å². The molecule has 0 saturated heterocycles. The summed E-state index contributed by atoms with van der Waals surface area (Å²) in [6.07, 6.45) is 1.28. The minimum absolute atomic E-state index is 0.0256. The Bertz CT molecular complexity index is 684. The Hall–Kier alpha value is -2.69. The van der Waals surface area contributed by atoms with E-state index in [0.29, 0.717) is 29.7 Å². The van der Waals surface area contributed by atoms with Crippen LogP contribution in [0.5, 0.6) is 0 Å². The molecule has 1 aromatic heterocycles. The predicted octanol–water partition coefficient (Wildman–Crippen LogP) is 2.58. The molecule has 1 amide bonds. The molecule has 1 heterocycles. The zero-order valence-corrected chi connectivity index (χ0v) is 11.9. The SMILES string of the molecule is CC(=O)Nc1[nH]c(Cc2ccc(C(C)=O)cc2)cc1C=O. The van der Waals surface area contributed by atoms with Gasteiger partial charge in [-0.3, -0.25) is 14.4 Å². The second kappa shape index (κ2) is 6.17. The standard InChI is InChI=1S/C16H16N2O3/c1-10(20)13-5-3-12(4-6-13)7-15-8-14(9-19)16(18-15)17-11(2)21/h3-6,8-9,18H,7H2,1-2H3,(H,17,21). The van der Waals surface area contributed by atoms with Crippen molar-refractivity contribution in [3.63, 3.8) is 0 Å². The van der Waals surface area contributed by atoms with Crippen molar-refractivity contribution in [3.05, 3.63) is 52.7 Å². The van der Waals surface area contributed by atoms with Crippen LogP contribution in [0.3, 0.4) is 0 Å². The van der Waals surface area contributed by atoms with Crippen LogP contribution in [0.4, 0.5) is 5.82 Å². The third-order valence-corrected chi connectivity index (χ3v) is 3.09. The average molecular weight is 284 g/mol. The highest BCUT2D eigenvalue weighted by Crippen LogP contribution is 2.18. The molecule has 108 valence electrons. The molecule has 0 bridgehead atoms. The van der Waals surface area contributed by atoms with Gasteiger partial charge in [0.2, 0.25) is 5.91 Å². The van der Waals surface area contributed by atoms with Gasteiger partial charge in [0.1, 0.15) is 5.82 Å². The molecule has 0 atom stereocenters. The van der Waals surface area contributed by atoms with Crippen LogP contribution in [0, 0.1) is 0 Å². The maximum atomic E-state index is 11.2. The number of hydrogen-bond donors (Lipinski definition) is 2. The molecule has 1 aromatic carbocycles. The molecule has 2 N–H and O–H groups in total. The minimum Gasteiger partial charge on any atom is -0.344 e. The van der Waals surface area contributed by atoms with Crippen LogP contribution in [0.2, 0.25) is 0 Å². The van der Waals surface area contributed by atoms with Crippen LogP contribution in [0.25, 0.3) is 0 Å². The van der Waals surface area contributed by atoms with E-state index in [-0.39, 0.29) is 11.7 Å². The highest BCUT2D eigenvalue weighted by molar-refractivity contribution is 5.94. The summed E-state index contributed by atoms with van der Waals surface area (Å²) in [4.78, 5) is 36.3. The van der Waals surface area contributed by atoms with Gasteiger partial charge in [-0.25, -0.2) is 0 Å². The van der Waals surface area contributed by atoms with Gasteiger partial charge in [0, 0.05) is 24.6 Å². The lowest BCUT2D eigenvalue weighted by Crippen LogP contribution is -2.07. The molecule has 0 fully saturated rings. The van der Waals surface area contributed by atoms with Gasteiger partial charge in [-0.1, -0.05) is 24.3 Å². The Labute approximate surface area is 122 Å². The number of hydrogen-bond acceptors (Lipinski definition) is 3. The van der Waals surface area contributed by atoms with Crippen molar-refractivity contribution in [2.75, 3.05) is 5.32 Å². The van der Waals surface area contributed by atoms with Gasteiger partial charge in [-0.2, -0.15) is 0 Å². The first kappa shape index (κ1) is 14.7. The Morgan fingerprint density at radius 1 is 1.19 bits per heavy atom. The van der Waals surface area contributed by atoms with E-state index in [1.165, 1.54) is 13.8 Å². The zero-order chi connectivity index (χ0) is 15.4. The van der Waals surface area contributed by atoms with Crippen molar-refractivity contribution in [1.82, 2.24) is 4.98 Å². The van der Waals surface area contributed by atoms with Gasteiger partial charge in [0.05, 0.1) is 5.56 Å². The molecule has 5 nitrogen and oxygen atoms in total. The fourth-order valence-corrected chi connectivity index (χ4v) is 2.07. The van der Waals surface area contributed by atoms with Crippen molar-refractivity contribution < 1.29 is 14.4 Å². The molecule has 2 rings (SSSR count). The van der Waals surface area contributed by atoms with Gasteiger partial charge in [-0.15, -0.1) is 0 Å². The summed E-state index contributed by atoms with van der Waals surface area (Å²) in [5.41, 5.74) is 2.91. The monoisotopic (exact) mass is 284 g/mol. The number of anilines is 1. The molecule has 21 heavy (non-hydrogen) atoms. The Kier molecular flexibility index (Phi) is 4.33.